The van der Waals surface area contributed by atoms with Gasteiger partial charge in [0.2, 0.25) is 5.91 Å². The zero-order valence-corrected chi connectivity index (χ0v) is 30.5. The number of alkyl carbamates (subject to hydrolysis) is 1. The molecule has 0 bridgehead atoms. The van der Waals surface area contributed by atoms with Crippen LogP contribution in [0.25, 0.3) is 22.3 Å². The van der Waals surface area contributed by atoms with E-state index >= 15 is 0 Å². The molecule has 2 aromatic heterocycles. The zero-order chi connectivity index (χ0) is 38.9. The highest BCUT2D eigenvalue weighted by atomic mass is 16.6. The number of anilines is 1. The number of esters is 1. The Morgan fingerprint density at radius 1 is 1.13 bits per heavy atom. The first-order chi connectivity index (χ1) is 25.7. The smallest absolute Gasteiger partial charge is 0.407 e. The fraction of sp³-hybridized carbons (Fsp3) is 0.368. The van der Waals surface area contributed by atoms with E-state index in [0.29, 0.717) is 59.7 Å². The average Bonchev–Trinajstić information content (AvgIpc) is 3.51. The molecule has 4 heterocycles. The second kappa shape index (κ2) is 15.3. The fourth-order valence-corrected chi connectivity index (χ4v) is 6.98. The molecule has 0 fully saturated rings. The number of rotatable bonds is 12. The van der Waals surface area contributed by atoms with Crippen molar-refractivity contribution in [3.8, 4) is 11.4 Å². The maximum atomic E-state index is 13.7. The Bertz CT molecular complexity index is 2200. The molecule has 3 atom stereocenters. The Morgan fingerprint density at radius 2 is 1.87 bits per heavy atom. The van der Waals surface area contributed by atoms with Crippen LogP contribution >= 0.6 is 0 Å². The van der Waals surface area contributed by atoms with Crippen molar-refractivity contribution < 1.29 is 33.8 Å². The molecule has 0 spiro atoms. The van der Waals surface area contributed by atoms with E-state index < -0.39 is 41.7 Å². The summed E-state index contributed by atoms with van der Waals surface area (Å²) in [5, 5.41) is 19.8. The van der Waals surface area contributed by atoms with Crippen LogP contribution in [0.2, 0.25) is 0 Å². The quantitative estimate of drug-likeness (QED) is 0.0802. The number of cyclic esters (lactones) is 1. The van der Waals surface area contributed by atoms with Gasteiger partial charge in [0, 0.05) is 47.9 Å². The van der Waals surface area contributed by atoms with Crippen LogP contribution in [0.4, 0.5) is 15.3 Å². The van der Waals surface area contributed by atoms with Gasteiger partial charge in [-0.05, 0) is 74.8 Å². The van der Waals surface area contributed by atoms with Crippen molar-refractivity contribution in [1.82, 2.24) is 25.1 Å². The van der Waals surface area contributed by atoms with E-state index in [0.717, 1.165) is 16.5 Å². The summed E-state index contributed by atoms with van der Waals surface area (Å²) in [6, 6.07) is 12.8. The number of pyridine rings is 2. The summed E-state index contributed by atoms with van der Waals surface area (Å²) in [4.78, 5) is 69.7. The molecule has 0 aliphatic carbocycles. The number of hydrogen-bond donors (Lipinski definition) is 6. The summed E-state index contributed by atoms with van der Waals surface area (Å²) in [5.41, 5.74) is 14.5. The molecule has 284 valence electrons. The number of primary amides is 1. The van der Waals surface area contributed by atoms with Gasteiger partial charge in [-0.1, -0.05) is 25.1 Å². The van der Waals surface area contributed by atoms with Gasteiger partial charge in [-0.15, -0.1) is 0 Å². The van der Waals surface area contributed by atoms with E-state index in [9.17, 15) is 29.1 Å². The number of aliphatic hydroxyl groups is 1. The summed E-state index contributed by atoms with van der Waals surface area (Å²) < 4.78 is 12.8. The third-order valence-electron chi connectivity index (χ3n) is 9.83. The summed E-state index contributed by atoms with van der Waals surface area (Å²) in [7, 11) is 5.32. The second-order valence-corrected chi connectivity index (χ2v) is 13.7. The van der Waals surface area contributed by atoms with E-state index in [4.69, 9.17) is 25.9 Å². The standard InChI is InChI=1S/C38H44N8O8/c1-5-38(52)27-16-30-31-21(17-46(30)34(48)26(27)19-53-35(38)49)15-24-25(18-45(3)4)23(12-13-29(24)44-31)32(54-37(51)41-2)20-8-10-22(11-9-20)43-33(47)28(39)7-6-14-42-36(40)50/h8-13,15-16,28,32,52H,5-7,14,17-19,39H2,1-4H3,(H,41,51)(H,43,47)(H3,40,42,50)/t28-,32?,38-/m0/s1. The highest BCUT2D eigenvalue weighted by Gasteiger charge is 2.45. The summed E-state index contributed by atoms with van der Waals surface area (Å²) in [5.74, 6) is -1.18. The second-order valence-electron chi connectivity index (χ2n) is 13.7. The van der Waals surface area contributed by atoms with Crippen LogP contribution in [0.15, 0.2) is 53.3 Å². The van der Waals surface area contributed by atoms with Crippen LogP contribution in [-0.4, -0.2) is 77.3 Å². The number of carbonyl (C=O) groups is 4. The Balaban J connectivity index is 1.36. The van der Waals surface area contributed by atoms with Crippen LogP contribution in [-0.2, 0) is 44.4 Å². The lowest BCUT2D eigenvalue weighted by atomic mass is 9.86. The van der Waals surface area contributed by atoms with Crippen LogP contribution in [0, 0.1) is 0 Å². The molecule has 4 aromatic rings. The van der Waals surface area contributed by atoms with Crippen LogP contribution in [0.5, 0.6) is 0 Å². The predicted molar refractivity (Wildman–Crippen MR) is 199 cm³/mol. The predicted octanol–water partition coefficient (Wildman–Crippen LogP) is 2.30. The lowest BCUT2D eigenvalue weighted by Gasteiger charge is -2.31. The molecule has 54 heavy (non-hydrogen) atoms. The van der Waals surface area contributed by atoms with Gasteiger partial charge in [0.15, 0.2) is 11.7 Å². The molecular weight excluding hydrogens is 696 g/mol. The number of nitrogens with one attached hydrogen (secondary N) is 3. The van der Waals surface area contributed by atoms with Crippen LogP contribution in [0.3, 0.4) is 0 Å². The van der Waals surface area contributed by atoms with Crippen LogP contribution in [0.1, 0.15) is 65.7 Å². The van der Waals surface area contributed by atoms with Crippen molar-refractivity contribution in [2.24, 2.45) is 11.5 Å². The Kier molecular flexibility index (Phi) is 10.7. The third-order valence-corrected chi connectivity index (χ3v) is 9.83. The minimum absolute atomic E-state index is 0.0418. The van der Waals surface area contributed by atoms with E-state index in [2.05, 4.69) is 16.0 Å². The number of fused-ring (bicyclic) bond motifs is 5. The lowest BCUT2D eigenvalue weighted by Crippen LogP contribution is -2.44. The first kappa shape index (κ1) is 37.9. The normalized spacial score (nSPS) is 16.8. The van der Waals surface area contributed by atoms with E-state index in [1.165, 1.54) is 7.05 Å². The molecule has 2 aliphatic rings. The van der Waals surface area contributed by atoms with E-state index in [1.807, 2.05) is 37.2 Å². The van der Waals surface area contributed by atoms with Gasteiger partial charge in [-0.25, -0.2) is 19.4 Å². The zero-order valence-electron chi connectivity index (χ0n) is 30.5. The first-order valence-electron chi connectivity index (χ1n) is 17.6. The molecule has 0 saturated carbocycles. The number of carbonyl (C=O) groups excluding carboxylic acids is 4. The number of nitrogens with two attached hydrogens (primary N) is 2. The monoisotopic (exact) mass is 740 g/mol. The lowest BCUT2D eigenvalue weighted by molar-refractivity contribution is -0.172. The number of ether oxygens (including phenoxy) is 2. The molecular formula is C38H44N8O8. The van der Waals surface area contributed by atoms with Crippen molar-refractivity contribution >= 4 is 40.6 Å². The first-order valence-corrected chi connectivity index (χ1v) is 17.6. The SMILES string of the molecule is CC[C@@]1(O)C(=O)OCc2c1cc1n(c2=O)Cc2cc3c(CN(C)C)c(C(OC(=O)NC)c4ccc(NC(=O)[C@@H](N)CCCNC(N)=O)cc4)ccc3nc2-1. The van der Waals surface area contributed by atoms with E-state index in [-0.39, 0.29) is 36.3 Å². The Labute approximate surface area is 310 Å². The number of nitrogens with zero attached hydrogens (tertiary/aromatic N) is 3. The van der Waals surface area contributed by atoms with Gasteiger partial charge in [0.25, 0.3) is 5.56 Å². The molecule has 1 unspecified atom stereocenters. The summed E-state index contributed by atoms with van der Waals surface area (Å²) in [6.07, 6.45) is -0.657. The molecule has 16 heteroatoms. The van der Waals surface area contributed by atoms with Crippen molar-refractivity contribution in [3.05, 3.63) is 92.3 Å². The van der Waals surface area contributed by atoms with Crippen molar-refractivity contribution in [1.29, 1.82) is 0 Å². The van der Waals surface area contributed by atoms with Crippen molar-refractivity contribution in [3.63, 3.8) is 0 Å². The maximum Gasteiger partial charge on any atom is 0.407 e. The molecule has 2 aliphatic heterocycles. The molecule has 0 saturated heterocycles. The van der Waals surface area contributed by atoms with Gasteiger partial charge >= 0.3 is 18.1 Å². The summed E-state index contributed by atoms with van der Waals surface area (Å²) >= 11 is 0. The minimum Gasteiger partial charge on any atom is -0.458 e. The highest BCUT2D eigenvalue weighted by molar-refractivity contribution is 5.94. The molecule has 4 amide bonds. The molecule has 6 rings (SSSR count). The number of amides is 4. The number of benzene rings is 2. The molecule has 2 aromatic carbocycles. The molecule has 0 radical (unpaired) electrons. The van der Waals surface area contributed by atoms with E-state index in [1.54, 1.807) is 41.8 Å². The Morgan fingerprint density at radius 3 is 2.54 bits per heavy atom. The third kappa shape index (κ3) is 7.22. The highest BCUT2D eigenvalue weighted by Crippen LogP contribution is 2.40. The Hall–Kier alpha value is -5.84. The van der Waals surface area contributed by atoms with Gasteiger partial charge in [0.05, 0.1) is 35.1 Å². The van der Waals surface area contributed by atoms with Gasteiger partial charge in [-0.3, -0.25) is 9.59 Å². The van der Waals surface area contributed by atoms with Gasteiger partial charge < -0.3 is 51.5 Å². The van der Waals surface area contributed by atoms with Crippen molar-refractivity contribution in [2.45, 2.75) is 63.6 Å². The molecule has 16 nitrogen and oxygen atoms in total. The number of urea groups is 1. The van der Waals surface area contributed by atoms with Crippen molar-refractivity contribution in [2.75, 3.05) is 33.0 Å². The van der Waals surface area contributed by atoms with Gasteiger partial charge in [-0.2, -0.15) is 0 Å². The van der Waals surface area contributed by atoms with Crippen LogP contribution < -0.4 is 33.0 Å². The maximum absolute atomic E-state index is 13.7. The average molecular weight is 741 g/mol. The fourth-order valence-electron chi connectivity index (χ4n) is 6.98. The topological polar surface area (TPSA) is 233 Å². The largest absolute Gasteiger partial charge is 0.458 e. The van der Waals surface area contributed by atoms with Gasteiger partial charge in [0.1, 0.15) is 6.61 Å². The minimum atomic E-state index is -1.93. The summed E-state index contributed by atoms with van der Waals surface area (Å²) in [6.45, 7) is 2.42. The number of hydrogen-bond acceptors (Lipinski definition) is 11. The molecule has 8 N–H and O–H groups in total. The number of aromatic nitrogens is 2.